The summed E-state index contributed by atoms with van der Waals surface area (Å²) in [6.45, 7) is 4.63. The second-order valence-electron chi connectivity index (χ2n) is 9.54. The maximum Gasteiger partial charge on any atom is 0.309 e. The molecule has 0 unspecified atom stereocenters. The Bertz CT molecular complexity index is 1160. The van der Waals surface area contributed by atoms with Gasteiger partial charge in [-0.1, -0.05) is 86.6 Å². The summed E-state index contributed by atoms with van der Waals surface area (Å²) in [6.07, 6.45) is 1.01. The van der Waals surface area contributed by atoms with E-state index in [4.69, 9.17) is 5.73 Å². The summed E-state index contributed by atoms with van der Waals surface area (Å²) >= 11 is 0. The van der Waals surface area contributed by atoms with Gasteiger partial charge in [0, 0.05) is 5.69 Å². The average Bonchev–Trinajstić information content (AvgIpc) is 2.94. The third-order valence-corrected chi connectivity index (χ3v) is 6.92. The van der Waals surface area contributed by atoms with E-state index in [9.17, 15) is 14.7 Å². The van der Waals surface area contributed by atoms with Crippen LogP contribution in [0.3, 0.4) is 0 Å². The van der Waals surface area contributed by atoms with Crippen LogP contribution >= 0.6 is 0 Å². The van der Waals surface area contributed by atoms with E-state index in [0.717, 1.165) is 22.4 Å². The smallest absolute Gasteiger partial charge is 0.309 e. The van der Waals surface area contributed by atoms with Crippen molar-refractivity contribution in [3.8, 4) is 0 Å². The molecule has 4 rings (SSSR count). The molecule has 0 bridgehead atoms. The van der Waals surface area contributed by atoms with Crippen molar-refractivity contribution < 1.29 is 14.7 Å². The minimum atomic E-state index is -1.53. The van der Waals surface area contributed by atoms with Crippen LogP contribution < -0.4 is 10.6 Å². The first-order valence-corrected chi connectivity index (χ1v) is 11.8. The highest BCUT2D eigenvalue weighted by Gasteiger charge is 2.49. The molecule has 3 N–H and O–H groups in total. The molecule has 5 nitrogen and oxygen atoms in total. The van der Waals surface area contributed by atoms with Gasteiger partial charge in [0.15, 0.2) is 0 Å². The monoisotopic (exact) mass is 456 g/mol. The predicted molar refractivity (Wildman–Crippen MR) is 135 cm³/mol. The first kappa shape index (κ1) is 23.7. The third-order valence-electron chi connectivity index (χ3n) is 6.92. The van der Waals surface area contributed by atoms with Crippen LogP contribution in [0.2, 0.25) is 0 Å². The fourth-order valence-corrected chi connectivity index (χ4v) is 4.81. The second-order valence-corrected chi connectivity index (χ2v) is 9.54. The van der Waals surface area contributed by atoms with E-state index >= 15 is 0 Å². The Hall–Kier alpha value is -3.44. The fourth-order valence-electron chi connectivity index (χ4n) is 4.81. The lowest BCUT2D eigenvalue weighted by Crippen LogP contribution is -2.61. The van der Waals surface area contributed by atoms with Crippen LogP contribution in [0.4, 0.5) is 5.69 Å². The van der Waals surface area contributed by atoms with E-state index in [1.54, 1.807) is 4.90 Å². The molecule has 3 aromatic carbocycles. The van der Waals surface area contributed by atoms with Gasteiger partial charge in [0.05, 0.1) is 12.5 Å². The zero-order valence-electron chi connectivity index (χ0n) is 19.8. The number of nitrogens with zero attached hydrogens (tertiary/aromatic N) is 1. The number of benzene rings is 3. The molecule has 0 radical (unpaired) electrons. The number of amides is 1. The van der Waals surface area contributed by atoms with Crippen LogP contribution in [0, 0.1) is 5.92 Å². The highest BCUT2D eigenvalue weighted by molar-refractivity contribution is 6.04. The summed E-state index contributed by atoms with van der Waals surface area (Å²) in [5, 5.41) is 10.2. The number of para-hydroxylation sites is 1. The normalized spacial score (nSPS) is 18.9. The van der Waals surface area contributed by atoms with Crippen LogP contribution in [0.5, 0.6) is 0 Å². The van der Waals surface area contributed by atoms with Crippen molar-refractivity contribution in [2.24, 2.45) is 11.7 Å². The Morgan fingerprint density at radius 2 is 1.62 bits per heavy atom. The number of carbonyl (C=O) groups is 2. The molecule has 0 fully saturated rings. The maximum atomic E-state index is 14.1. The predicted octanol–water partition coefficient (Wildman–Crippen LogP) is 4.93. The molecule has 0 aromatic heterocycles. The molecule has 34 heavy (non-hydrogen) atoms. The van der Waals surface area contributed by atoms with Gasteiger partial charge in [-0.2, -0.15) is 0 Å². The zero-order chi connectivity index (χ0) is 24.3. The number of hydrogen-bond donors (Lipinski definition) is 2. The van der Waals surface area contributed by atoms with Gasteiger partial charge in [-0.05, 0) is 53.5 Å². The molecule has 5 heteroatoms. The molecule has 1 aliphatic heterocycles. The van der Waals surface area contributed by atoms with E-state index in [0.29, 0.717) is 18.9 Å². The molecule has 2 atom stereocenters. The Labute approximate surface area is 201 Å². The van der Waals surface area contributed by atoms with Crippen LogP contribution in [0.1, 0.15) is 48.4 Å². The summed E-state index contributed by atoms with van der Waals surface area (Å²) in [7, 11) is 0. The lowest BCUT2D eigenvalue weighted by molar-refractivity contribution is -0.148. The SMILES string of the molecule is CC(C)c1ccc(CN2C(=O)[C@@](N)([C@H](Cc3ccccc3)C(=O)O)CCc3ccccc32)cc1. The quantitative estimate of drug-likeness (QED) is 0.528. The number of aliphatic carboxylic acids is 1. The van der Waals surface area contributed by atoms with E-state index in [1.807, 2.05) is 66.7 Å². The van der Waals surface area contributed by atoms with Crippen molar-refractivity contribution in [1.82, 2.24) is 0 Å². The van der Waals surface area contributed by atoms with Gasteiger partial charge in [0.1, 0.15) is 5.54 Å². The van der Waals surface area contributed by atoms with Crippen LogP contribution in [-0.4, -0.2) is 22.5 Å². The summed E-state index contributed by atoms with van der Waals surface area (Å²) < 4.78 is 0. The van der Waals surface area contributed by atoms with E-state index in [2.05, 4.69) is 26.0 Å². The number of nitrogens with two attached hydrogens (primary N) is 1. The number of hydrogen-bond acceptors (Lipinski definition) is 3. The second kappa shape index (κ2) is 9.82. The van der Waals surface area contributed by atoms with Gasteiger partial charge in [-0.25, -0.2) is 0 Å². The van der Waals surface area contributed by atoms with Gasteiger partial charge in [0.2, 0.25) is 5.91 Å². The minimum absolute atomic E-state index is 0.200. The molecule has 176 valence electrons. The summed E-state index contributed by atoms with van der Waals surface area (Å²) in [4.78, 5) is 28.2. The number of carboxylic acid groups (broad SMARTS) is 1. The first-order valence-electron chi connectivity index (χ1n) is 11.8. The van der Waals surface area contributed by atoms with Gasteiger partial charge in [-0.15, -0.1) is 0 Å². The third kappa shape index (κ3) is 4.75. The molecular weight excluding hydrogens is 424 g/mol. The molecule has 1 aliphatic rings. The number of carboxylic acids is 1. The summed E-state index contributed by atoms with van der Waals surface area (Å²) in [6, 6.07) is 25.4. The first-order chi connectivity index (χ1) is 16.3. The topological polar surface area (TPSA) is 83.6 Å². The summed E-state index contributed by atoms with van der Waals surface area (Å²) in [5.74, 6) is -2.01. The van der Waals surface area contributed by atoms with Crippen molar-refractivity contribution in [3.05, 3.63) is 101 Å². The number of fused-ring (bicyclic) bond motifs is 1. The molecule has 1 heterocycles. The standard InChI is InChI=1S/C29H32N2O3/c1-20(2)23-14-12-22(13-15-23)19-31-26-11-7-6-10-24(26)16-17-29(30,28(31)34)25(27(32)33)18-21-8-4-3-5-9-21/h3-15,20,25H,16-19,30H2,1-2H3,(H,32,33)/t25-,29+/m1/s1. The van der Waals surface area contributed by atoms with Gasteiger partial charge in [0.25, 0.3) is 0 Å². The van der Waals surface area contributed by atoms with Gasteiger partial charge >= 0.3 is 5.97 Å². The van der Waals surface area contributed by atoms with Crippen LogP contribution in [0.25, 0.3) is 0 Å². The fraction of sp³-hybridized carbons (Fsp3) is 0.310. The Morgan fingerprint density at radius 1 is 0.971 bits per heavy atom. The molecule has 0 aliphatic carbocycles. The molecular formula is C29H32N2O3. The Kier molecular flexibility index (Phi) is 6.85. The van der Waals surface area contributed by atoms with E-state index in [1.165, 1.54) is 5.56 Å². The molecule has 0 saturated heterocycles. The molecule has 0 saturated carbocycles. The van der Waals surface area contributed by atoms with Gasteiger partial charge < -0.3 is 15.7 Å². The zero-order valence-corrected chi connectivity index (χ0v) is 19.8. The van der Waals surface area contributed by atoms with Crippen LogP contribution in [0.15, 0.2) is 78.9 Å². The van der Waals surface area contributed by atoms with Crippen molar-refractivity contribution in [2.45, 2.75) is 51.1 Å². The van der Waals surface area contributed by atoms with Gasteiger partial charge in [-0.3, -0.25) is 9.59 Å². The Morgan fingerprint density at radius 3 is 2.26 bits per heavy atom. The summed E-state index contributed by atoms with van der Waals surface area (Å²) in [5.41, 5.74) is 10.1. The van der Waals surface area contributed by atoms with Crippen LogP contribution in [-0.2, 0) is 29.0 Å². The van der Waals surface area contributed by atoms with Crippen molar-refractivity contribution >= 4 is 17.6 Å². The number of anilines is 1. The van der Waals surface area contributed by atoms with Crippen molar-refractivity contribution in [2.75, 3.05) is 4.90 Å². The van der Waals surface area contributed by atoms with E-state index in [-0.39, 0.29) is 18.7 Å². The lowest BCUT2D eigenvalue weighted by Gasteiger charge is -2.36. The molecule has 1 amide bonds. The number of aryl methyl sites for hydroxylation is 1. The van der Waals surface area contributed by atoms with E-state index < -0.39 is 17.4 Å². The number of rotatable bonds is 7. The highest BCUT2D eigenvalue weighted by Crippen LogP contribution is 2.36. The van der Waals surface area contributed by atoms with Crippen molar-refractivity contribution in [3.63, 3.8) is 0 Å². The molecule has 0 spiro atoms. The van der Waals surface area contributed by atoms with Crippen molar-refractivity contribution in [1.29, 1.82) is 0 Å². The highest BCUT2D eigenvalue weighted by atomic mass is 16.4. The minimum Gasteiger partial charge on any atom is -0.481 e. The Balaban J connectivity index is 1.72. The largest absolute Gasteiger partial charge is 0.481 e. The molecule has 3 aromatic rings. The average molecular weight is 457 g/mol. The lowest BCUT2D eigenvalue weighted by atomic mass is 9.76. The number of carbonyl (C=O) groups excluding carboxylic acids is 1. The maximum absolute atomic E-state index is 14.1.